The van der Waals surface area contributed by atoms with Crippen molar-refractivity contribution in [2.75, 3.05) is 7.11 Å². The lowest BCUT2D eigenvalue weighted by molar-refractivity contribution is -0.141. The summed E-state index contributed by atoms with van der Waals surface area (Å²) in [4.78, 5) is 11.6. The first-order chi connectivity index (χ1) is 13.3. The van der Waals surface area contributed by atoms with Gasteiger partial charge in [-0.25, -0.2) is 0 Å². The highest BCUT2D eigenvalue weighted by atomic mass is 16.5. The molecular formula is C25H42O3. The lowest BCUT2D eigenvalue weighted by Gasteiger charge is -2.61. The monoisotopic (exact) mass is 390 g/mol. The fourth-order valence-corrected chi connectivity index (χ4v) is 8.86. The molecule has 4 aliphatic carbocycles. The minimum Gasteiger partial charge on any atom is -0.469 e. The zero-order valence-electron chi connectivity index (χ0n) is 18.6. The molecule has 4 fully saturated rings. The molecule has 28 heavy (non-hydrogen) atoms. The number of hydrogen-bond acceptors (Lipinski definition) is 3. The first-order valence-corrected chi connectivity index (χ1v) is 12.0. The van der Waals surface area contributed by atoms with Crippen molar-refractivity contribution in [2.24, 2.45) is 46.3 Å². The third kappa shape index (κ3) is 3.24. The van der Waals surface area contributed by atoms with E-state index >= 15 is 0 Å². The summed E-state index contributed by atoms with van der Waals surface area (Å²) in [5.74, 6) is 4.72. The molecule has 0 spiro atoms. The molecule has 1 N–H and O–H groups in total. The average Bonchev–Trinajstić information content (AvgIpc) is 3.03. The first-order valence-electron chi connectivity index (χ1n) is 12.0. The third-order valence-corrected chi connectivity index (χ3v) is 10.4. The van der Waals surface area contributed by atoms with Crippen LogP contribution >= 0.6 is 0 Å². The van der Waals surface area contributed by atoms with Crippen LogP contribution in [0, 0.1) is 46.3 Å². The smallest absolute Gasteiger partial charge is 0.305 e. The van der Waals surface area contributed by atoms with Gasteiger partial charge in [0.25, 0.3) is 0 Å². The molecule has 0 radical (unpaired) electrons. The molecule has 0 aliphatic heterocycles. The molecule has 0 aromatic rings. The molecule has 9 atom stereocenters. The number of methoxy groups -OCH3 is 1. The minimum atomic E-state index is -0.0546. The number of esters is 1. The summed E-state index contributed by atoms with van der Waals surface area (Å²) in [5, 5.41) is 10.2. The first kappa shape index (κ1) is 20.7. The summed E-state index contributed by atoms with van der Waals surface area (Å²) in [7, 11) is 1.50. The minimum absolute atomic E-state index is 0.0463. The van der Waals surface area contributed by atoms with Crippen LogP contribution in [0.25, 0.3) is 0 Å². The molecule has 4 saturated carbocycles. The predicted octanol–water partition coefficient (Wildman–Crippen LogP) is 5.60. The molecule has 0 unspecified atom stereocenters. The number of carbonyl (C=O) groups excluding carboxylic acids is 1. The Morgan fingerprint density at radius 2 is 1.75 bits per heavy atom. The number of carbonyl (C=O) groups is 1. The highest BCUT2D eigenvalue weighted by Gasteiger charge is 2.60. The van der Waals surface area contributed by atoms with Crippen LogP contribution in [0.4, 0.5) is 0 Å². The molecule has 160 valence electrons. The topological polar surface area (TPSA) is 46.5 Å². The van der Waals surface area contributed by atoms with E-state index in [1.807, 2.05) is 0 Å². The summed E-state index contributed by atoms with van der Waals surface area (Å²) < 4.78 is 4.88. The normalized spacial score (nSPS) is 48.9. The molecule has 4 rings (SSSR count). The molecule has 0 saturated heterocycles. The number of aliphatic hydroxyl groups is 1. The Morgan fingerprint density at radius 3 is 2.50 bits per heavy atom. The maximum Gasteiger partial charge on any atom is 0.305 e. The van der Waals surface area contributed by atoms with Gasteiger partial charge >= 0.3 is 5.97 Å². The quantitative estimate of drug-likeness (QED) is 0.636. The van der Waals surface area contributed by atoms with Gasteiger partial charge in [0.2, 0.25) is 0 Å². The molecule has 0 amide bonds. The largest absolute Gasteiger partial charge is 0.469 e. The second-order valence-corrected chi connectivity index (χ2v) is 11.4. The zero-order valence-corrected chi connectivity index (χ0v) is 18.6. The van der Waals surface area contributed by atoms with E-state index in [0.29, 0.717) is 23.2 Å². The summed E-state index contributed by atoms with van der Waals surface area (Å²) in [5.41, 5.74) is 0.937. The predicted molar refractivity (Wildman–Crippen MR) is 112 cm³/mol. The lowest BCUT2D eigenvalue weighted by Crippen LogP contribution is -2.54. The summed E-state index contributed by atoms with van der Waals surface area (Å²) >= 11 is 0. The molecular weight excluding hydrogens is 348 g/mol. The molecule has 3 nitrogen and oxygen atoms in total. The molecule has 0 bridgehead atoms. The summed E-state index contributed by atoms with van der Waals surface area (Å²) in [6.07, 6.45) is 13.1. The number of fused-ring (bicyclic) bond motifs is 5. The van der Waals surface area contributed by atoms with Gasteiger partial charge in [-0.15, -0.1) is 0 Å². The van der Waals surface area contributed by atoms with Gasteiger partial charge in [-0.1, -0.05) is 20.8 Å². The SMILES string of the molecule is COC(=O)CC[C@@H](C)[C@H]1CC[C@H]2[C@@H]3CC[C@H]4C[C@@H](O)CC[C@]4(C)[C@H]3CC[C@]12C. The van der Waals surface area contributed by atoms with Crippen LogP contribution < -0.4 is 0 Å². The van der Waals surface area contributed by atoms with E-state index in [4.69, 9.17) is 4.74 Å². The highest BCUT2D eigenvalue weighted by molar-refractivity contribution is 5.69. The van der Waals surface area contributed by atoms with Crippen LogP contribution in [0.15, 0.2) is 0 Å². The molecule has 3 heteroatoms. The van der Waals surface area contributed by atoms with E-state index in [2.05, 4.69) is 20.8 Å². The van der Waals surface area contributed by atoms with Crippen LogP contribution in [0.1, 0.15) is 91.4 Å². The van der Waals surface area contributed by atoms with Gasteiger partial charge in [0.05, 0.1) is 13.2 Å². The van der Waals surface area contributed by atoms with Gasteiger partial charge in [-0.3, -0.25) is 4.79 Å². The van der Waals surface area contributed by atoms with Crippen LogP contribution in [0.3, 0.4) is 0 Å². The van der Waals surface area contributed by atoms with Crippen molar-refractivity contribution >= 4 is 5.97 Å². The Labute approximate surface area is 172 Å². The highest BCUT2D eigenvalue weighted by Crippen LogP contribution is 2.68. The van der Waals surface area contributed by atoms with Gasteiger partial charge in [-0.2, -0.15) is 0 Å². The second kappa shape index (κ2) is 7.60. The Morgan fingerprint density at radius 1 is 1.04 bits per heavy atom. The number of hydrogen-bond donors (Lipinski definition) is 1. The standard InChI is InChI=1S/C25H42O3/c1-16(5-10-23(27)28-4)20-8-9-21-19-7-6-17-15-18(26)11-13-24(17,2)22(19)12-14-25(20,21)3/h16-22,26H,5-15H2,1-4H3/t16-,17+,18+,19+,20-,21+,22+,24+,25-/m1/s1. The third-order valence-electron chi connectivity index (χ3n) is 10.4. The fourth-order valence-electron chi connectivity index (χ4n) is 8.86. The molecule has 0 heterocycles. The van der Waals surface area contributed by atoms with Crippen LogP contribution in [-0.4, -0.2) is 24.3 Å². The molecule has 0 aromatic heterocycles. The van der Waals surface area contributed by atoms with E-state index in [-0.39, 0.29) is 12.1 Å². The van der Waals surface area contributed by atoms with Gasteiger partial charge in [-0.05, 0) is 111 Å². The number of aliphatic hydroxyl groups excluding tert-OH is 1. The van der Waals surface area contributed by atoms with Gasteiger partial charge in [0, 0.05) is 6.42 Å². The van der Waals surface area contributed by atoms with Crippen molar-refractivity contribution in [3.8, 4) is 0 Å². The van der Waals surface area contributed by atoms with E-state index in [0.717, 1.165) is 48.9 Å². The summed E-state index contributed by atoms with van der Waals surface area (Å²) in [6.45, 7) is 7.56. The number of rotatable bonds is 4. The van der Waals surface area contributed by atoms with Crippen LogP contribution in [0.2, 0.25) is 0 Å². The fraction of sp³-hybridized carbons (Fsp3) is 0.960. The Hall–Kier alpha value is -0.570. The van der Waals surface area contributed by atoms with E-state index in [1.165, 1.54) is 52.1 Å². The Balaban J connectivity index is 1.48. The van der Waals surface area contributed by atoms with E-state index in [1.54, 1.807) is 0 Å². The van der Waals surface area contributed by atoms with Crippen LogP contribution in [-0.2, 0) is 9.53 Å². The van der Waals surface area contributed by atoms with Crippen LogP contribution in [0.5, 0.6) is 0 Å². The molecule has 0 aromatic carbocycles. The van der Waals surface area contributed by atoms with Crippen molar-refractivity contribution in [1.82, 2.24) is 0 Å². The van der Waals surface area contributed by atoms with Gasteiger partial charge < -0.3 is 9.84 Å². The van der Waals surface area contributed by atoms with Gasteiger partial charge in [0.15, 0.2) is 0 Å². The van der Waals surface area contributed by atoms with Crippen molar-refractivity contribution in [3.63, 3.8) is 0 Å². The van der Waals surface area contributed by atoms with Crippen molar-refractivity contribution in [3.05, 3.63) is 0 Å². The molecule has 4 aliphatic rings. The van der Waals surface area contributed by atoms with E-state index < -0.39 is 0 Å². The second-order valence-electron chi connectivity index (χ2n) is 11.4. The Bertz CT molecular complexity index is 588. The summed E-state index contributed by atoms with van der Waals surface area (Å²) in [6, 6.07) is 0. The van der Waals surface area contributed by atoms with Crippen molar-refractivity contribution in [1.29, 1.82) is 0 Å². The van der Waals surface area contributed by atoms with Crippen molar-refractivity contribution < 1.29 is 14.6 Å². The van der Waals surface area contributed by atoms with E-state index in [9.17, 15) is 9.90 Å². The average molecular weight is 391 g/mol. The maximum atomic E-state index is 11.6. The lowest BCUT2D eigenvalue weighted by atomic mass is 9.44. The number of ether oxygens (including phenoxy) is 1. The maximum absolute atomic E-state index is 11.6. The van der Waals surface area contributed by atoms with Gasteiger partial charge in [0.1, 0.15) is 0 Å². The zero-order chi connectivity index (χ0) is 20.1. The Kier molecular flexibility index (Phi) is 5.61. The van der Waals surface area contributed by atoms with Crippen molar-refractivity contribution in [2.45, 2.75) is 97.5 Å².